The second-order valence-corrected chi connectivity index (χ2v) is 10.1. The first-order valence-corrected chi connectivity index (χ1v) is 12.0. The molecule has 1 unspecified atom stereocenters. The molecule has 0 aliphatic rings. The fraction of sp³-hybridized carbons (Fsp3) is 0.368. The number of carbonyl (C=O) groups excluding carboxylic acids is 3. The van der Waals surface area contributed by atoms with Gasteiger partial charge < -0.3 is 15.5 Å². The van der Waals surface area contributed by atoms with Gasteiger partial charge in [-0.1, -0.05) is 0 Å². The minimum atomic E-state index is -4.13. The molecule has 0 fully saturated rings. The molecule has 0 aliphatic carbocycles. The second kappa shape index (κ2) is 11.8. The van der Waals surface area contributed by atoms with Crippen molar-refractivity contribution in [2.45, 2.75) is 17.4 Å². The van der Waals surface area contributed by atoms with Gasteiger partial charge in [0, 0.05) is 19.3 Å². The molecule has 0 aliphatic heterocycles. The van der Waals surface area contributed by atoms with Crippen LogP contribution in [-0.2, 0) is 19.6 Å². The number of anilines is 1. The molecule has 33 heavy (non-hydrogen) atoms. The van der Waals surface area contributed by atoms with E-state index in [1.54, 1.807) is 19.0 Å². The van der Waals surface area contributed by atoms with Crippen molar-refractivity contribution in [3.05, 3.63) is 40.8 Å². The molecule has 0 saturated heterocycles. The van der Waals surface area contributed by atoms with Crippen LogP contribution in [0.15, 0.2) is 40.9 Å². The predicted molar refractivity (Wildman–Crippen MR) is 121 cm³/mol. The Morgan fingerprint density at radius 2 is 1.82 bits per heavy atom. The zero-order valence-electron chi connectivity index (χ0n) is 18.3. The minimum Gasteiger partial charge on any atom is -0.355 e. The summed E-state index contributed by atoms with van der Waals surface area (Å²) in [5.41, 5.74) is 3.37. The quantitative estimate of drug-likeness (QED) is 0.248. The monoisotopic (exact) mass is 498 g/mol. The van der Waals surface area contributed by atoms with Gasteiger partial charge in [0.1, 0.15) is 10.9 Å². The van der Waals surface area contributed by atoms with Crippen molar-refractivity contribution in [2.75, 3.05) is 39.5 Å². The van der Waals surface area contributed by atoms with Crippen molar-refractivity contribution >= 4 is 44.8 Å². The predicted octanol–water partition coefficient (Wildman–Crippen LogP) is -0.0422. The van der Waals surface area contributed by atoms with Gasteiger partial charge in [-0.3, -0.25) is 24.6 Å². The Labute approximate surface area is 195 Å². The summed E-state index contributed by atoms with van der Waals surface area (Å²) in [6, 6.07) is 4.15. The van der Waals surface area contributed by atoms with Crippen molar-refractivity contribution in [3.8, 4) is 0 Å². The molecular formula is C19H26N6O6S2. The zero-order chi connectivity index (χ0) is 24.6. The Bertz CT molecular complexity index is 1060. The fourth-order valence-corrected chi connectivity index (χ4v) is 4.67. The highest BCUT2D eigenvalue weighted by atomic mass is 32.2. The summed E-state index contributed by atoms with van der Waals surface area (Å²) >= 11 is 1.17. The van der Waals surface area contributed by atoms with Crippen molar-refractivity contribution in [2.24, 2.45) is 0 Å². The number of aromatic nitrogens is 1. The molecule has 180 valence electrons. The number of hydroxylamine groups is 1. The van der Waals surface area contributed by atoms with Crippen molar-refractivity contribution in [1.82, 2.24) is 25.0 Å². The zero-order valence-corrected chi connectivity index (χ0v) is 19.9. The van der Waals surface area contributed by atoms with E-state index in [1.807, 2.05) is 0 Å². The molecule has 2 aromatic rings. The number of nitrogens with one attached hydrogen (secondary N) is 3. The number of carbonyl (C=O) groups is 3. The molecule has 1 aromatic heterocycles. The van der Waals surface area contributed by atoms with Crippen molar-refractivity contribution in [1.29, 1.82) is 0 Å². The molecule has 1 atom stereocenters. The SMILES string of the molecule is CN(C)CC(=O)NCCC(C(=O)NO)N(C)S(=O)(=O)c1ccc(NC(=O)c2cncs2)cc1. The van der Waals surface area contributed by atoms with Gasteiger partial charge in [-0.2, -0.15) is 4.31 Å². The van der Waals surface area contributed by atoms with E-state index in [0.29, 0.717) is 10.6 Å². The van der Waals surface area contributed by atoms with Crippen LogP contribution in [0.3, 0.4) is 0 Å². The molecule has 2 rings (SSSR count). The molecule has 3 amide bonds. The van der Waals surface area contributed by atoms with Crippen LogP contribution in [0.5, 0.6) is 0 Å². The maximum Gasteiger partial charge on any atom is 0.267 e. The number of sulfonamides is 1. The van der Waals surface area contributed by atoms with Gasteiger partial charge in [-0.25, -0.2) is 13.9 Å². The van der Waals surface area contributed by atoms with Crippen LogP contribution in [0.25, 0.3) is 0 Å². The number of benzene rings is 1. The smallest absolute Gasteiger partial charge is 0.267 e. The number of thiazole rings is 1. The molecule has 0 radical (unpaired) electrons. The maximum atomic E-state index is 13.0. The Kier molecular flexibility index (Phi) is 9.43. The summed E-state index contributed by atoms with van der Waals surface area (Å²) in [6.07, 6.45) is 1.35. The number of likely N-dealkylation sites (N-methyl/N-ethyl adjacent to an activating group) is 2. The summed E-state index contributed by atoms with van der Waals surface area (Å²) in [4.78, 5) is 41.8. The van der Waals surface area contributed by atoms with E-state index < -0.39 is 22.0 Å². The highest BCUT2D eigenvalue weighted by Crippen LogP contribution is 2.21. The number of hydrogen-bond acceptors (Lipinski definition) is 9. The first-order valence-electron chi connectivity index (χ1n) is 9.69. The first-order chi connectivity index (χ1) is 15.6. The van der Waals surface area contributed by atoms with Crippen LogP contribution >= 0.6 is 11.3 Å². The summed E-state index contributed by atoms with van der Waals surface area (Å²) in [5.74, 6) is -1.60. The Hall–Kier alpha value is -2.91. The highest BCUT2D eigenvalue weighted by molar-refractivity contribution is 7.89. The Morgan fingerprint density at radius 3 is 2.36 bits per heavy atom. The van der Waals surface area contributed by atoms with Gasteiger partial charge in [-0.15, -0.1) is 11.3 Å². The molecule has 12 nitrogen and oxygen atoms in total. The topological polar surface area (TPSA) is 161 Å². The van der Waals surface area contributed by atoms with E-state index in [4.69, 9.17) is 5.21 Å². The van der Waals surface area contributed by atoms with Crippen LogP contribution in [-0.4, -0.2) is 85.8 Å². The van der Waals surface area contributed by atoms with E-state index in [1.165, 1.54) is 59.8 Å². The maximum absolute atomic E-state index is 13.0. The van der Waals surface area contributed by atoms with E-state index in [0.717, 1.165) is 4.31 Å². The lowest BCUT2D eigenvalue weighted by atomic mass is 10.2. The summed E-state index contributed by atoms with van der Waals surface area (Å²) in [6.45, 7) is 0.157. The number of hydrogen-bond donors (Lipinski definition) is 4. The molecule has 4 N–H and O–H groups in total. The van der Waals surface area contributed by atoms with Gasteiger partial charge in [0.15, 0.2) is 0 Å². The number of nitrogens with zero attached hydrogens (tertiary/aromatic N) is 3. The normalized spacial score (nSPS) is 12.4. The first kappa shape index (κ1) is 26.3. The Morgan fingerprint density at radius 1 is 1.15 bits per heavy atom. The highest BCUT2D eigenvalue weighted by Gasteiger charge is 2.32. The number of rotatable bonds is 11. The molecule has 1 heterocycles. The molecule has 0 saturated carbocycles. The lowest BCUT2D eigenvalue weighted by molar-refractivity contribution is -0.133. The molecule has 1 aromatic carbocycles. The third-order valence-corrected chi connectivity index (χ3v) is 7.15. The van der Waals surface area contributed by atoms with Crippen LogP contribution < -0.4 is 16.1 Å². The van der Waals surface area contributed by atoms with Crippen molar-refractivity contribution < 1.29 is 28.0 Å². The molecule has 0 spiro atoms. The van der Waals surface area contributed by atoms with Crippen LogP contribution in [0.1, 0.15) is 16.1 Å². The summed E-state index contributed by atoms with van der Waals surface area (Å²) in [7, 11) is 0.514. The van der Waals surface area contributed by atoms with Gasteiger partial charge in [0.05, 0.1) is 23.1 Å². The largest absolute Gasteiger partial charge is 0.355 e. The molecular weight excluding hydrogens is 472 g/mol. The van der Waals surface area contributed by atoms with Gasteiger partial charge in [-0.05, 0) is 44.8 Å². The molecule has 0 bridgehead atoms. The van der Waals surface area contributed by atoms with Gasteiger partial charge in [0.2, 0.25) is 15.9 Å². The van der Waals surface area contributed by atoms with Crippen LogP contribution in [0.4, 0.5) is 5.69 Å². The third-order valence-electron chi connectivity index (χ3n) is 4.50. The van der Waals surface area contributed by atoms with Gasteiger partial charge in [0.25, 0.3) is 11.8 Å². The van der Waals surface area contributed by atoms with E-state index in [2.05, 4.69) is 15.6 Å². The van der Waals surface area contributed by atoms with Crippen LogP contribution in [0, 0.1) is 0 Å². The molecule has 14 heteroatoms. The lowest BCUT2D eigenvalue weighted by Crippen LogP contribution is -2.48. The van der Waals surface area contributed by atoms with Crippen molar-refractivity contribution in [3.63, 3.8) is 0 Å². The number of amides is 3. The van der Waals surface area contributed by atoms with E-state index >= 15 is 0 Å². The fourth-order valence-electron chi connectivity index (χ4n) is 2.81. The standard InChI is InChI=1S/C19H26N6O6S2/c1-24(2)11-17(26)21-9-8-15(18(27)23-29)25(3)33(30,31)14-6-4-13(5-7-14)22-19(28)16-10-20-12-32-16/h4-7,10,12,15,29H,8-9,11H2,1-3H3,(H,21,26)(H,22,28)(H,23,27). The summed E-state index contributed by atoms with van der Waals surface area (Å²) in [5, 5.41) is 14.3. The minimum absolute atomic E-state index is 0.0210. The van der Waals surface area contributed by atoms with E-state index in [-0.39, 0.29) is 36.2 Å². The van der Waals surface area contributed by atoms with Crippen LogP contribution in [0.2, 0.25) is 0 Å². The Balaban J connectivity index is 2.10. The average Bonchev–Trinajstić information content (AvgIpc) is 3.31. The van der Waals surface area contributed by atoms with Gasteiger partial charge >= 0.3 is 0 Å². The van der Waals surface area contributed by atoms with E-state index in [9.17, 15) is 22.8 Å². The lowest BCUT2D eigenvalue weighted by Gasteiger charge is -2.26. The second-order valence-electron chi connectivity index (χ2n) is 7.23. The average molecular weight is 499 g/mol. The summed E-state index contributed by atoms with van der Waals surface area (Å²) < 4.78 is 26.9. The third kappa shape index (κ3) is 7.30.